The van der Waals surface area contributed by atoms with Crippen molar-refractivity contribution in [2.24, 2.45) is 0 Å². The van der Waals surface area contributed by atoms with E-state index in [0.717, 1.165) is 12.1 Å². The molecule has 160 valence electrons. The SMILES string of the molecule is CC(C)(C)OC(=O)N(C(=O)O)c1c([N+](=O)[O-])ccc(NCc2ccc(F)cc2)c1F. The summed E-state index contributed by atoms with van der Waals surface area (Å²) in [5, 5.41) is 23.4. The van der Waals surface area contributed by atoms with Gasteiger partial charge in [-0.2, -0.15) is 4.90 Å². The monoisotopic (exact) mass is 423 g/mol. The Morgan fingerprint density at radius 3 is 2.27 bits per heavy atom. The Bertz CT molecular complexity index is 973. The Labute approximate surface area is 170 Å². The third-order valence-corrected chi connectivity index (χ3v) is 3.68. The molecule has 30 heavy (non-hydrogen) atoms. The van der Waals surface area contributed by atoms with Gasteiger partial charge < -0.3 is 15.2 Å². The number of nitro benzene ring substituents is 1. The molecule has 2 rings (SSSR count). The minimum atomic E-state index is -1.96. The maximum absolute atomic E-state index is 15.1. The molecule has 0 heterocycles. The van der Waals surface area contributed by atoms with Crippen LogP contribution in [-0.4, -0.2) is 27.8 Å². The van der Waals surface area contributed by atoms with Crippen LogP contribution in [0.2, 0.25) is 0 Å². The van der Waals surface area contributed by atoms with Gasteiger partial charge in [-0.05, 0) is 44.5 Å². The number of nitrogens with one attached hydrogen (secondary N) is 1. The molecule has 9 nitrogen and oxygen atoms in total. The van der Waals surface area contributed by atoms with E-state index in [1.54, 1.807) is 0 Å². The number of nitro groups is 1. The van der Waals surface area contributed by atoms with E-state index >= 15 is 4.39 Å². The zero-order valence-electron chi connectivity index (χ0n) is 16.3. The highest BCUT2D eigenvalue weighted by Crippen LogP contribution is 2.36. The number of carbonyl (C=O) groups excluding carboxylic acids is 1. The summed E-state index contributed by atoms with van der Waals surface area (Å²) in [5.41, 5.74) is -2.87. The number of hydrogen-bond donors (Lipinski definition) is 2. The van der Waals surface area contributed by atoms with Crippen molar-refractivity contribution in [2.75, 3.05) is 10.2 Å². The minimum absolute atomic E-state index is 0.00790. The standard InChI is InChI=1S/C19H19F2N3O6/c1-19(2,3)30-18(27)23(17(25)26)16-14(24(28)29)9-8-13(15(16)21)22-10-11-4-6-12(20)7-5-11/h4-9,22H,10H2,1-3H3,(H,25,26). The smallest absolute Gasteiger partial charge is 0.424 e. The maximum Gasteiger partial charge on any atom is 0.424 e. The van der Waals surface area contributed by atoms with Gasteiger partial charge in [0, 0.05) is 12.6 Å². The normalized spacial score (nSPS) is 11.0. The fourth-order valence-electron chi connectivity index (χ4n) is 2.42. The van der Waals surface area contributed by atoms with E-state index in [9.17, 15) is 29.2 Å². The largest absolute Gasteiger partial charge is 0.464 e. The van der Waals surface area contributed by atoms with E-state index in [1.807, 2.05) is 0 Å². The first-order valence-corrected chi connectivity index (χ1v) is 8.62. The van der Waals surface area contributed by atoms with Gasteiger partial charge in [0.1, 0.15) is 11.4 Å². The highest BCUT2D eigenvalue weighted by atomic mass is 19.1. The first kappa shape index (κ1) is 22.5. The van der Waals surface area contributed by atoms with Gasteiger partial charge in [-0.15, -0.1) is 0 Å². The number of ether oxygens (including phenoxy) is 1. The molecule has 0 fully saturated rings. The first-order valence-electron chi connectivity index (χ1n) is 8.62. The van der Waals surface area contributed by atoms with Crippen LogP contribution >= 0.6 is 0 Å². The molecule has 2 aromatic carbocycles. The van der Waals surface area contributed by atoms with Crippen molar-refractivity contribution in [3.05, 3.63) is 63.7 Å². The van der Waals surface area contributed by atoms with E-state index < -0.39 is 45.7 Å². The second kappa shape index (κ2) is 8.72. The molecular weight excluding hydrogens is 404 g/mol. The summed E-state index contributed by atoms with van der Waals surface area (Å²) in [6.07, 6.45) is -3.45. The molecular formula is C19H19F2N3O6. The van der Waals surface area contributed by atoms with Crippen LogP contribution in [0.15, 0.2) is 36.4 Å². The van der Waals surface area contributed by atoms with Crippen molar-refractivity contribution >= 4 is 29.2 Å². The molecule has 2 amide bonds. The highest BCUT2D eigenvalue weighted by Gasteiger charge is 2.37. The van der Waals surface area contributed by atoms with E-state index in [4.69, 9.17) is 4.74 Å². The molecule has 0 radical (unpaired) electrons. The Balaban J connectivity index is 2.47. The van der Waals surface area contributed by atoms with Gasteiger partial charge in [0.15, 0.2) is 11.5 Å². The van der Waals surface area contributed by atoms with Crippen LogP contribution in [0.5, 0.6) is 0 Å². The maximum atomic E-state index is 15.1. The van der Waals surface area contributed by atoms with Gasteiger partial charge in [0.25, 0.3) is 5.69 Å². The summed E-state index contributed by atoms with van der Waals surface area (Å²) >= 11 is 0. The molecule has 0 aromatic heterocycles. The number of hydrogen-bond acceptors (Lipinski definition) is 6. The number of benzene rings is 2. The molecule has 2 aromatic rings. The molecule has 0 spiro atoms. The lowest BCUT2D eigenvalue weighted by Crippen LogP contribution is -2.41. The number of anilines is 2. The molecule has 0 aliphatic rings. The molecule has 0 saturated carbocycles. The molecule has 2 N–H and O–H groups in total. The topological polar surface area (TPSA) is 122 Å². The number of halogens is 2. The van der Waals surface area contributed by atoms with Crippen molar-refractivity contribution in [1.29, 1.82) is 0 Å². The molecule has 11 heteroatoms. The molecule has 0 aliphatic heterocycles. The van der Waals surface area contributed by atoms with Crippen LogP contribution in [0, 0.1) is 21.7 Å². The zero-order chi connectivity index (χ0) is 22.6. The second-order valence-corrected chi connectivity index (χ2v) is 7.13. The lowest BCUT2D eigenvalue weighted by Gasteiger charge is -2.24. The minimum Gasteiger partial charge on any atom is -0.464 e. The third-order valence-electron chi connectivity index (χ3n) is 3.68. The predicted octanol–water partition coefficient (Wildman–Crippen LogP) is 4.90. The number of nitrogens with zero attached hydrogens (tertiary/aromatic N) is 2. The van der Waals surface area contributed by atoms with E-state index in [1.165, 1.54) is 45.0 Å². The van der Waals surface area contributed by atoms with Gasteiger partial charge in [0.2, 0.25) is 0 Å². The fourth-order valence-corrected chi connectivity index (χ4v) is 2.42. The number of amides is 2. The van der Waals surface area contributed by atoms with Gasteiger partial charge in [-0.1, -0.05) is 12.1 Å². The molecule has 0 atom stereocenters. The lowest BCUT2D eigenvalue weighted by molar-refractivity contribution is -0.384. The van der Waals surface area contributed by atoms with Crippen LogP contribution in [0.25, 0.3) is 0 Å². The first-order chi connectivity index (χ1) is 13.9. The predicted molar refractivity (Wildman–Crippen MR) is 104 cm³/mol. The Hall–Kier alpha value is -3.76. The number of imide groups is 1. The van der Waals surface area contributed by atoms with Crippen molar-refractivity contribution in [3.63, 3.8) is 0 Å². The van der Waals surface area contributed by atoms with Crippen LogP contribution in [0.3, 0.4) is 0 Å². The summed E-state index contributed by atoms with van der Waals surface area (Å²) in [6.45, 7) is 4.37. The molecule has 0 unspecified atom stereocenters. The van der Waals surface area contributed by atoms with Crippen molar-refractivity contribution in [1.82, 2.24) is 0 Å². The third kappa shape index (κ3) is 5.40. The number of carboxylic acid groups (broad SMARTS) is 1. The quantitative estimate of drug-likeness (QED) is 0.518. The van der Waals surface area contributed by atoms with E-state index in [0.29, 0.717) is 5.56 Å². The lowest BCUT2D eigenvalue weighted by atomic mass is 10.1. The van der Waals surface area contributed by atoms with E-state index in [-0.39, 0.29) is 17.1 Å². The van der Waals surface area contributed by atoms with Gasteiger partial charge >= 0.3 is 12.2 Å². The molecule has 0 bridgehead atoms. The van der Waals surface area contributed by atoms with Crippen molar-refractivity contribution < 1.29 is 33.1 Å². The summed E-state index contributed by atoms with van der Waals surface area (Å²) in [4.78, 5) is 34.2. The van der Waals surface area contributed by atoms with Crippen LogP contribution < -0.4 is 10.2 Å². The summed E-state index contributed by atoms with van der Waals surface area (Å²) in [6, 6.07) is 7.18. The Kier molecular flexibility index (Phi) is 6.55. The molecule has 0 aliphatic carbocycles. The van der Waals surface area contributed by atoms with Crippen LogP contribution in [0.4, 0.5) is 35.4 Å². The average Bonchev–Trinajstić information content (AvgIpc) is 2.61. The highest BCUT2D eigenvalue weighted by molar-refractivity contribution is 6.10. The van der Waals surface area contributed by atoms with Gasteiger partial charge in [0.05, 0.1) is 10.6 Å². The number of rotatable bonds is 5. The molecule has 0 saturated heterocycles. The van der Waals surface area contributed by atoms with Crippen molar-refractivity contribution in [3.8, 4) is 0 Å². The fraction of sp³-hybridized carbons (Fsp3) is 0.263. The van der Waals surface area contributed by atoms with Gasteiger partial charge in [-0.3, -0.25) is 10.1 Å². The summed E-state index contributed by atoms with van der Waals surface area (Å²) < 4.78 is 33.1. The average molecular weight is 423 g/mol. The zero-order valence-corrected chi connectivity index (χ0v) is 16.3. The van der Waals surface area contributed by atoms with Crippen LogP contribution in [0.1, 0.15) is 26.3 Å². The number of carbonyl (C=O) groups is 2. The summed E-state index contributed by atoms with van der Waals surface area (Å²) in [5.74, 6) is -1.79. The Morgan fingerprint density at radius 2 is 1.77 bits per heavy atom. The summed E-state index contributed by atoms with van der Waals surface area (Å²) in [7, 11) is 0. The second-order valence-electron chi connectivity index (χ2n) is 7.13. The van der Waals surface area contributed by atoms with E-state index in [2.05, 4.69) is 5.32 Å². The Morgan fingerprint density at radius 1 is 1.17 bits per heavy atom. The van der Waals surface area contributed by atoms with Crippen LogP contribution in [-0.2, 0) is 11.3 Å². The van der Waals surface area contributed by atoms with Crippen molar-refractivity contribution in [2.45, 2.75) is 32.9 Å². The van der Waals surface area contributed by atoms with Gasteiger partial charge in [-0.25, -0.2) is 18.4 Å².